The molecule has 1 unspecified atom stereocenters. The van der Waals surface area contributed by atoms with Crippen molar-refractivity contribution in [1.29, 1.82) is 0 Å². The molecule has 0 aliphatic rings. The van der Waals surface area contributed by atoms with E-state index in [9.17, 15) is 4.79 Å². The van der Waals surface area contributed by atoms with E-state index >= 15 is 0 Å². The molecule has 0 bridgehead atoms. The molecule has 96 valence electrons. The van der Waals surface area contributed by atoms with Crippen LogP contribution in [0.1, 0.15) is 21.5 Å². The number of nitrogens with two attached hydrogens (primary N) is 1. The monoisotopic (exact) mass is 290 g/mol. The fraction of sp³-hybridized carbons (Fsp3) is 0.0769. The number of aromatic nitrogens is 1. The number of nitrogens with zero attached hydrogens (tertiary/aromatic N) is 1. The summed E-state index contributed by atoms with van der Waals surface area (Å²) in [5.74, 6) is 0.959. The van der Waals surface area contributed by atoms with Gasteiger partial charge in [0.25, 0.3) is 0 Å². The van der Waals surface area contributed by atoms with E-state index in [1.165, 1.54) is 22.7 Å². The smallest absolute Gasteiger partial charge is 0.197 e. The molecule has 2 N–H and O–H groups in total. The summed E-state index contributed by atoms with van der Waals surface area (Å²) in [5.41, 5.74) is 8.43. The Hall–Kier alpha value is -1.76. The molecule has 1 atom stereocenters. The van der Waals surface area contributed by atoms with Gasteiger partial charge < -0.3 is 10.2 Å². The summed E-state index contributed by atoms with van der Waals surface area (Å²) in [6.45, 7) is 0. The van der Waals surface area contributed by atoms with Gasteiger partial charge in [0, 0.05) is 5.38 Å². The van der Waals surface area contributed by atoms with Gasteiger partial charge in [0.2, 0.25) is 0 Å². The van der Waals surface area contributed by atoms with Crippen LogP contribution >= 0.6 is 22.7 Å². The highest BCUT2D eigenvalue weighted by molar-refractivity contribution is 7.12. The van der Waals surface area contributed by atoms with Gasteiger partial charge in [-0.1, -0.05) is 6.07 Å². The average Bonchev–Trinajstić information content (AvgIpc) is 3.16. The van der Waals surface area contributed by atoms with Crippen LogP contribution in [-0.4, -0.2) is 10.8 Å². The van der Waals surface area contributed by atoms with E-state index in [4.69, 9.17) is 10.2 Å². The summed E-state index contributed by atoms with van der Waals surface area (Å²) in [4.78, 5) is 16.9. The zero-order valence-corrected chi connectivity index (χ0v) is 11.4. The number of carbonyl (C=O) groups is 1. The molecular formula is C13H10N2O2S2. The van der Waals surface area contributed by atoms with Crippen molar-refractivity contribution in [2.75, 3.05) is 0 Å². The van der Waals surface area contributed by atoms with E-state index in [1.807, 2.05) is 16.8 Å². The molecule has 0 amide bonds. The highest BCUT2D eigenvalue weighted by Gasteiger charge is 2.22. The maximum atomic E-state index is 12.1. The lowest BCUT2D eigenvalue weighted by Crippen LogP contribution is -2.20. The number of rotatable bonds is 4. The fourth-order valence-electron chi connectivity index (χ4n) is 1.69. The van der Waals surface area contributed by atoms with Crippen molar-refractivity contribution >= 4 is 28.5 Å². The van der Waals surface area contributed by atoms with Crippen LogP contribution in [0.25, 0.3) is 11.5 Å². The maximum Gasteiger partial charge on any atom is 0.197 e. The van der Waals surface area contributed by atoms with Crippen LogP contribution in [0.5, 0.6) is 0 Å². The zero-order chi connectivity index (χ0) is 13.2. The number of furan rings is 1. The molecule has 0 aromatic carbocycles. The Morgan fingerprint density at radius 2 is 2.26 bits per heavy atom. The zero-order valence-electron chi connectivity index (χ0n) is 9.78. The Morgan fingerprint density at radius 3 is 2.95 bits per heavy atom. The minimum Gasteiger partial charge on any atom is -0.457 e. The first-order valence-corrected chi connectivity index (χ1v) is 7.39. The summed E-state index contributed by atoms with van der Waals surface area (Å²) in [6, 6.07) is 6.33. The largest absolute Gasteiger partial charge is 0.457 e. The number of ketones is 1. The van der Waals surface area contributed by atoms with Crippen molar-refractivity contribution in [3.63, 3.8) is 0 Å². The third kappa shape index (κ3) is 2.37. The molecule has 3 aromatic heterocycles. The van der Waals surface area contributed by atoms with Crippen LogP contribution in [0.4, 0.5) is 0 Å². The highest BCUT2D eigenvalue weighted by atomic mass is 32.1. The van der Waals surface area contributed by atoms with E-state index in [1.54, 1.807) is 23.7 Å². The topological polar surface area (TPSA) is 69.1 Å². The predicted molar refractivity (Wildman–Crippen MR) is 75.4 cm³/mol. The normalized spacial score (nSPS) is 12.5. The molecule has 0 aliphatic carbocycles. The maximum absolute atomic E-state index is 12.1. The van der Waals surface area contributed by atoms with Crippen LogP contribution in [-0.2, 0) is 0 Å². The first kappa shape index (κ1) is 12.3. The lowest BCUT2D eigenvalue weighted by Gasteiger charge is -2.05. The van der Waals surface area contributed by atoms with E-state index < -0.39 is 6.04 Å². The quantitative estimate of drug-likeness (QED) is 0.748. The number of Topliss-reactive ketones (excluding diaryl/α,β-unsaturated/α-hetero) is 1. The van der Waals surface area contributed by atoms with Gasteiger partial charge >= 0.3 is 0 Å². The Kier molecular flexibility index (Phi) is 3.29. The second-order valence-electron chi connectivity index (χ2n) is 3.89. The molecule has 3 heterocycles. The van der Waals surface area contributed by atoms with Gasteiger partial charge in [-0.25, -0.2) is 4.98 Å². The lowest BCUT2D eigenvalue weighted by atomic mass is 10.1. The highest BCUT2D eigenvalue weighted by Crippen LogP contribution is 2.26. The standard InChI is InChI=1S/C13H10N2O2S2/c14-12(13(16)11-2-1-5-19-11)10-4-3-9(17-10)8-6-18-7-15-8/h1-7,12H,14H2. The summed E-state index contributed by atoms with van der Waals surface area (Å²) < 4.78 is 5.61. The van der Waals surface area contributed by atoms with Crippen molar-refractivity contribution in [2.24, 2.45) is 5.73 Å². The molecule has 19 heavy (non-hydrogen) atoms. The third-order valence-electron chi connectivity index (χ3n) is 2.66. The van der Waals surface area contributed by atoms with Crippen molar-refractivity contribution in [1.82, 2.24) is 4.98 Å². The number of carbonyl (C=O) groups excluding carboxylic acids is 1. The summed E-state index contributed by atoms with van der Waals surface area (Å²) >= 11 is 2.87. The molecule has 0 fully saturated rings. The minimum atomic E-state index is -0.772. The number of thiophene rings is 1. The van der Waals surface area contributed by atoms with E-state index in [0.29, 0.717) is 16.4 Å². The summed E-state index contributed by atoms with van der Waals surface area (Å²) in [7, 11) is 0. The van der Waals surface area contributed by atoms with E-state index in [-0.39, 0.29) is 5.78 Å². The molecular weight excluding hydrogens is 280 g/mol. The second kappa shape index (κ2) is 5.08. The lowest BCUT2D eigenvalue weighted by molar-refractivity contribution is 0.0956. The molecule has 0 saturated heterocycles. The number of thiazole rings is 1. The second-order valence-corrected chi connectivity index (χ2v) is 5.56. The van der Waals surface area contributed by atoms with E-state index in [0.717, 1.165) is 5.69 Å². The van der Waals surface area contributed by atoms with Gasteiger partial charge in [0.05, 0.1) is 10.4 Å². The molecule has 3 rings (SSSR count). The van der Waals surface area contributed by atoms with E-state index in [2.05, 4.69) is 4.98 Å². The molecule has 3 aromatic rings. The van der Waals surface area contributed by atoms with Crippen LogP contribution in [0.15, 0.2) is 45.0 Å². The van der Waals surface area contributed by atoms with Gasteiger partial charge in [0.15, 0.2) is 11.5 Å². The number of hydrogen-bond acceptors (Lipinski definition) is 6. The van der Waals surface area contributed by atoms with Gasteiger partial charge in [-0.2, -0.15) is 0 Å². The first-order valence-electron chi connectivity index (χ1n) is 5.57. The summed E-state index contributed by atoms with van der Waals surface area (Å²) in [6.07, 6.45) is 0. The van der Waals surface area contributed by atoms with Crippen LogP contribution in [0, 0.1) is 0 Å². The molecule has 0 radical (unpaired) electrons. The van der Waals surface area contributed by atoms with Crippen molar-refractivity contribution in [2.45, 2.75) is 6.04 Å². The van der Waals surface area contributed by atoms with Crippen molar-refractivity contribution in [3.05, 3.63) is 51.2 Å². The Bertz CT molecular complexity index is 671. The first-order chi connectivity index (χ1) is 9.25. The summed E-state index contributed by atoms with van der Waals surface area (Å²) in [5, 5.41) is 3.73. The average molecular weight is 290 g/mol. The molecule has 0 saturated carbocycles. The Balaban J connectivity index is 1.85. The van der Waals surface area contributed by atoms with Crippen molar-refractivity contribution in [3.8, 4) is 11.5 Å². The predicted octanol–water partition coefficient (Wildman–Crippen LogP) is 3.35. The Labute approximate surface area is 117 Å². The third-order valence-corrected chi connectivity index (χ3v) is 4.14. The molecule has 4 nitrogen and oxygen atoms in total. The van der Waals surface area contributed by atoms with Gasteiger partial charge in [-0.05, 0) is 23.6 Å². The van der Waals surface area contributed by atoms with Crippen LogP contribution in [0.3, 0.4) is 0 Å². The SMILES string of the molecule is NC(C(=O)c1cccs1)c1ccc(-c2cscn2)o1. The molecule has 6 heteroatoms. The molecule has 0 spiro atoms. The van der Waals surface area contributed by atoms with Crippen molar-refractivity contribution < 1.29 is 9.21 Å². The van der Waals surface area contributed by atoms with Gasteiger partial charge in [-0.3, -0.25) is 4.79 Å². The number of hydrogen-bond donors (Lipinski definition) is 1. The fourth-order valence-corrected chi connectivity index (χ4v) is 2.94. The molecule has 0 aliphatic heterocycles. The van der Waals surface area contributed by atoms with Crippen LogP contribution in [0.2, 0.25) is 0 Å². The van der Waals surface area contributed by atoms with Gasteiger partial charge in [-0.15, -0.1) is 22.7 Å². The van der Waals surface area contributed by atoms with Crippen LogP contribution < -0.4 is 5.73 Å². The van der Waals surface area contributed by atoms with Gasteiger partial charge in [0.1, 0.15) is 17.5 Å². The minimum absolute atomic E-state index is 0.130. The Morgan fingerprint density at radius 1 is 1.37 bits per heavy atom.